The highest BCUT2D eigenvalue weighted by Gasteiger charge is 2.25. The van der Waals surface area contributed by atoms with E-state index in [-0.39, 0.29) is 0 Å². The molecule has 1 aromatic rings. The number of nitriles is 1. The summed E-state index contributed by atoms with van der Waals surface area (Å²) in [6.07, 6.45) is 1.28. The van der Waals surface area contributed by atoms with Crippen LogP contribution in [0.5, 0.6) is 0 Å². The molecule has 1 fully saturated rings. The van der Waals surface area contributed by atoms with Crippen molar-refractivity contribution < 1.29 is 0 Å². The zero-order valence-corrected chi connectivity index (χ0v) is 12.0. The Bertz CT molecular complexity index is 432. The van der Waals surface area contributed by atoms with Gasteiger partial charge in [-0.15, -0.1) is 0 Å². The fourth-order valence-electron chi connectivity index (χ4n) is 2.82. The number of benzene rings is 1. The molecule has 3 heteroatoms. The molecule has 0 bridgehead atoms. The second kappa shape index (κ2) is 6.70. The number of likely N-dealkylation sites (tertiary alicyclic amines) is 1. The maximum atomic E-state index is 8.82. The zero-order chi connectivity index (χ0) is 13.7. The van der Waals surface area contributed by atoms with E-state index in [1.165, 1.54) is 25.1 Å². The van der Waals surface area contributed by atoms with Gasteiger partial charge in [0, 0.05) is 19.1 Å². The van der Waals surface area contributed by atoms with E-state index in [9.17, 15) is 0 Å². The van der Waals surface area contributed by atoms with E-state index in [1.54, 1.807) is 0 Å². The van der Waals surface area contributed by atoms with E-state index in [0.29, 0.717) is 6.04 Å². The SMILES string of the molecule is CCN1CCC(N(CC)Cc2ccc(C#N)cc2)C1. The molecule has 1 aliphatic heterocycles. The Hall–Kier alpha value is -1.37. The molecule has 1 atom stereocenters. The van der Waals surface area contributed by atoms with Gasteiger partial charge in [0.1, 0.15) is 0 Å². The summed E-state index contributed by atoms with van der Waals surface area (Å²) < 4.78 is 0. The van der Waals surface area contributed by atoms with Crippen molar-refractivity contribution in [1.29, 1.82) is 5.26 Å². The topological polar surface area (TPSA) is 30.3 Å². The minimum atomic E-state index is 0.681. The first-order chi connectivity index (χ1) is 9.26. The highest BCUT2D eigenvalue weighted by atomic mass is 15.2. The minimum Gasteiger partial charge on any atom is -0.302 e. The maximum Gasteiger partial charge on any atom is 0.0991 e. The van der Waals surface area contributed by atoms with Crippen LogP contribution in [-0.2, 0) is 6.54 Å². The van der Waals surface area contributed by atoms with Gasteiger partial charge in [-0.25, -0.2) is 0 Å². The van der Waals surface area contributed by atoms with Crippen molar-refractivity contribution in [2.75, 3.05) is 26.2 Å². The van der Waals surface area contributed by atoms with E-state index in [2.05, 4.69) is 41.8 Å². The van der Waals surface area contributed by atoms with Crippen LogP contribution in [0.2, 0.25) is 0 Å². The van der Waals surface area contributed by atoms with Gasteiger partial charge in [0.25, 0.3) is 0 Å². The van der Waals surface area contributed by atoms with Gasteiger partial charge in [-0.2, -0.15) is 5.26 Å². The molecule has 102 valence electrons. The van der Waals surface area contributed by atoms with Gasteiger partial charge in [0.15, 0.2) is 0 Å². The molecular formula is C16H23N3. The van der Waals surface area contributed by atoms with Gasteiger partial charge in [-0.05, 0) is 43.8 Å². The standard InChI is InChI=1S/C16H23N3/c1-3-18-10-9-16(13-18)19(4-2)12-15-7-5-14(11-17)6-8-15/h5-8,16H,3-4,9-10,12-13H2,1-2H3. The van der Waals surface area contributed by atoms with Crippen LogP contribution in [0.15, 0.2) is 24.3 Å². The molecule has 1 aliphatic rings. The highest BCUT2D eigenvalue weighted by molar-refractivity contribution is 5.31. The third-order valence-corrected chi connectivity index (χ3v) is 4.09. The molecule has 0 N–H and O–H groups in total. The molecule has 19 heavy (non-hydrogen) atoms. The Balaban J connectivity index is 1.97. The molecule has 0 aromatic heterocycles. The lowest BCUT2D eigenvalue weighted by Gasteiger charge is -2.27. The first-order valence-electron chi connectivity index (χ1n) is 7.22. The second-order valence-electron chi connectivity index (χ2n) is 5.21. The smallest absolute Gasteiger partial charge is 0.0991 e. The van der Waals surface area contributed by atoms with Crippen molar-refractivity contribution in [2.45, 2.75) is 32.9 Å². The van der Waals surface area contributed by atoms with Crippen LogP contribution < -0.4 is 0 Å². The number of hydrogen-bond acceptors (Lipinski definition) is 3. The summed E-state index contributed by atoms with van der Waals surface area (Å²) in [4.78, 5) is 5.07. The van der Waals surface area contributed by atoms with E-state index in [1.807, 2.05) is 12.1 Å². The molecule has 1 saturated heterocycles. The maximum absolute atomic E-state index is 8.82. The van der Waals surface area contributed by atoms with E-state index < -0.39 is 0 Å². The van der Waals surface area contributed by atoms with Crippen molar-refractivity contribution in [3.63, 3.8) is 0 Å². The van der Waals surface area contributed by atoms with Gasteiger partial charge < -0.3 is 4.90 Å². The predicted molar refractivity (Wildman–Crippen MR) is 77.8 cm³/mol. The lowest BCUT2D eigenvalue weighted by atomic mass is 10.1. The molecule has 1 unspecified atom stereocenters. The third kappa shape index (κ3) is 3.56. The lowest BCUT2D eigenvalue weighted by Crippen LogP contribution is -2.37. The molecular weight excluding hydrogens is 234 g/mol. The molecule has 0 radical (unpaired) electrons. The van der Waals surface area contributed by atoms with E-state index >= 15 is 0 Å². The average Bonchev–Trinajstić information content (AvgIpc) is 2.94. The van der Waals surface area contributed by atoms with Crippen molar-refractivity contribution in [3.8, 4) is 6.07 Å². The molecule has 1 aromatic carbocycles. The van der Waals surface area contributed by atoms with Gasteiger partial charge in [0.05, 0.1) is 11.6 Å². The lowest BCUT2D eigenvalue weighted by molar-refractivity contribution is 0.195. The number of nitrogens with zero attached hydrogens (tertiary/aromatic N) is 3. The summed E-state index contributed by atoms with van der Waals surface area (Å²) in [5, 5.41) is 8.82. The molecule has 1 heterocycles. The second-order valence-corrected chi connectivity index (χ2v) is 5.21. The fraction of sp³-hybridized carbons (Fsp3) is 0.562. The number of likely N-dealkylation sites (N-methyl/N-ethyl adjacent to an activating group) is 2. The minimum absolute atomic E-state index is 0.681. The van der Waals surface area contributed by atoms with Gasteiger partial charge in [0.2, 0.25) is 0 Å². The van der Waals surface area contributed by atoms with Gasteiger partial charge in [-0.1, -0.05) is 26.0 Å². The monoisotopic (exact) mass is 257 g/mol. The Labute approximate surface area is 116 Å². The van der Waals surface area contributed by atoms with Crippen LogP contribution in [0.4, 0.5) is 0 Å². The normalized spacial score (nSPS) is 19.8. The van der Waals surface area contributed by atoms with Crippen LogP contribution in [0.25, 0.3) is 0 Å². The summed E-state index contributed by atoms with van der Waals surface area (Å²) in [5.74, 6) is 0. The van der Waals surface area contributed by atoms with Crippen LogP contribution in [-0.4, -0.2) is 42.0 Å². The average molecular weight is 257 g/mol. The molecule has 0 amide bonds. The Morgan fingerprint density at radius 1 is 1.32 bits per heavy atom. The first kappa shape index (κ1) is 14.0. The van der Waals surface area contributed by atoms with Gasteiger partial charge >= 0.3 is 0 Å². The van der Waals surface area contributed by atoms with Crippen molar-refractivity contribution in [1.82, 2.24) is 9.80 Å². The van der Waals surface area contributed by atoms with Crippen LogP contribution in [0.3, 0.4) is 0 Å². The van der Waals surface area contributed by atoms with Crippen molar-refractivity contribution >= 4 is 0 Å². The Kier molecular flexibility index (Phi) is 4.95. The van der Waals surface area contributed by atoms with E-state index in [0.717, 1.165) is 25.2 Å². The van der Waals surface area contributed by atoms with Crippen LogP contribution in [0, 0.1) is 11.3 Å². The summed E-state index contributed by atoms with van der Waals surface area (Å²) in [6.45, 7) is 10.1. The number of hydrogen-bond donors (Lipinski definition) is 0. The van der Waals surface area contributed by atoms with Crippen molar-refractivity contribution in [3.05, 3.63) is 35.4 Å². The predicted octanol–water partition coefficient (Wildman–Crippen LogP) is 2.47. The summed E-state index contributed by atoms with van der Waals surface area (Å²) in [6, 6.07) is 10.8. The largest absolute Gasteiger partial charge is 0.302 e. The number of rotatable bonds is 5. The molecule has 0 spiro atoms. The quantitative estimate of drug-likeness (QED) is 0.812. The Morgan fingerprint density at radius 3 is 2.58 bits per heavy atom. The summed E-state index contributed by atoms with van der Waals surface area (Å²) >= 11 is 0. The molecule has 0 aliphatic carbocycles. The zero-order valence-electron chi connectivity index (χ0n) is 12.0. The van der Waals surface area contributed by atoms with E-state index in [4.69, 9.17) is 5.26 Å². The summed E-state index contributed by atoms with van der Waals surface area (Å²) in [7, 11) is 0. The van der Waals surface area contributed by atoms with Crippen molar-refractivity contribution in [2.24, 2.45) is 0 Å². The fourth-order valence-corrected chi connectivity index (χ4v) is 2.82. The van der Waals surface area contributed by atoms with Crippen LogP contribution >= 0.6 is 0 Å². The third-order valence-electron chi connectivity index (χ3n) is 4.09. The van der Waals surface area contributed by atoms with Gasteiger partial charge in [-0.3, -0.25) is 4.90 Å². The molecule has 3 nitrogen and oxygen atoms in total. The molecule has 0 saturated carbocycles. The first-order valence-corrected chi connectivity index (χ1v) is 7.22. The molecule has 2 rings (SSSR count). The van der Waals surface area contributed by atoms with Crippen LogP contribution in [0.1, 0.15) is 31.4 Å². The highest BCUT2D eigenvalue weighted by Crippen LogP contribution is 2.18. The summed E-state index contributed by atoms with van der Waals surface area (Å²) in [5.41, 5.74) is 2.04. The Morgan fingerprint density at radius 2 is 2.05 bits per heavy atom.